The van der Waals surface area contributed by atoms with Crippen LogP contribution in [-0.4, -0.2) is 34.2 Å². The fraction of sp³-hybridized carbons (Fsp3) is 0.273. The van der Waals surface area contributed by atoms with Crippen LogP contribution in [0.15, 0.2) is 53.3 Å². The molecule has 1 fully saturated rings. The van der Waals surface area contributed by atoms with Crippen molar-refractivity contribution in [2.75, 3.05) is 18.5 Å². The van der Waals surface area contributed by atoms with Crippen molar-refractivity contribution in [3.63, 3.8) is 0 Å². The number of nitrogens with zero attached hydrogens (tertiary/aromatic N) is 1. The second-order valence-electron chi connectivity index (χ2n) is 7.20. The first-order chi connectivity index (χ1) is 13.8. The molecule has 3 heterocycles. The largest absolute Gasteiger partial charge is 0.384 e. The maximum atomic E-state index is 13.0. The van der Waals surface area contributed by atoms with Gasteiger partial charge in [0.2, 0.25) is 0 Å². The summed E-state index contributed by atoms with van der Waals surface area (Å²) in [7, 11) is 0. The predicted octanol–water partition coefficient (Wildman–Crippen LogP) is 4.05. The highest BCUT2D eigenvalue weighted by atomic mass is 16.5. The number of aromatic nitrogens is 3. The van der Waals surface area contributed by atoms with Crippen molar-refractivity contribution in [2.45, 2.75) is 25.4 Å². The first kappa shape index (κ1) is 17.0. The number of benzene rings is 2. The van der Waals surface area contributed by atoms with Gasteiger partial charge in [-0.05, 0) is 37.5 Å². The Morgan fingerprint density at radius 2 is 1.89 bits per heavy atom. The minimum Gasteiger partial charge on any atom is -0.384 e. The number of pyridine rings is 1. The Hall–Kier alpha value is -3.12. The number of imidazole rings is 1. The molecule has 1 atom stereocenters. The third kappa shape index (κ3) is 3.05. The van der Waals surface area contributed by atoms with E-state index in [-0.39, 0.29) is 5.56 Å². The summed E-state index contributed by atoms with van der Waals surface area (Å²) in [5.74, 6) is 0.577. The molecule has 0 radical (unpaired) electrons. The number of anilines is 1. The van der Waals surface area contributed by atoms with Crippen molar-refractivity contribution in [3.8, 4) is 11.4 Å². The van der Waals surface area contributed by atoms with Crippen LogP contribution in [0, 0.1) is 0 Å². The number of nitrogens with one attached hydrogen (secondary N) is 3. The minimum atomic E-state index is -0.155. The molecule has 1 aliphatic heterocycles. The predicted molar refractivity (Wildman–Crippen MR) is 112 cm³/mol. The lowest BCUT2D eigenvalue weighted by molar-refractivity contribution is 0.107. The lowest BCUT2D eigenvalue weighted by atomic mass is 10.1. The molecule has 1 unspecified atom stereocenters. The highest BCUT2D eigenvalue weighted by Gasteiger charge is 2.19. The van der Waals surface area contributed by atoms with E-state index in [1.54, 1.807) is 0 Å². The van der Waals surface area contributed by atoms with Crippen LogP contribution in [0.4, 0.5) is 5.69 Å². The summed E-state index contributed by atoms with van der Waals surface area (Å²) in [6.07, 6.45) is 3.45. The van der Waals surface area contributed by atoms with Gasteiger partial charge in [-0.1, -0.05) is 30.3 Å². The van der Waals surface area contributed by atoms with Crippen molar-refractivity contribution in [1.29, 1.82) is 0 Å². The summed E-state index contributed by atoms with van der Waals surface area (Å²) in [6.45, 7) is 1.59. The van der Waals surface area contributed by atoms with Gasteiger partial charge in [0.25, 0.3) is 5.56 Å². The monoisotopic (exact) mass is 374 g/mol. The molecule has 0 amide bonds. The zero-order chi connectivity index (χ0) is 18.9. The van der Waals surface area contributed by atoms with Crippen molar-refractivity contribution >= 4 is 27.6 Å². The molecule has 0 spiro atoms. The second-order valence-corrected chi connectivity index (χ2v) is 7.20. The second kappa shape index (κ2) is 7.13. The Bertz CT molecular complexity index is 1160. The van der Waals surface area contributed by atoms with E-state index in [9.17, 15) is 4.79 Å². The number of aromatic amines is 2. The SMILES string of the molecule is O=c1[nH]c2ccccc2c(NCCC2CCCO2)c1-c1nc2ccccc2[nH]1. The van der Waals surface area contributed by atoms with Gasteiger partial charge in [0, 0.05) is 18.5 Å². The zero-order valence-electron chi connectivity index (χ0n) is 15.5. The van der Waals surface area contributed by atoms with Crippen molar-refractivity contribution in [2.24, 2.45) is 0 Å². The fourth-order valence-electron chi connectivity index (χ4n) is 3.95. The Morgan fingerprint density at radius 1 is 1.07 bits per heavy atom. The summed E-state index contributed by atoms with van der Waals surface area (Å²) in [4.78, 5) is 23.9. The average molecular weight is 374 g/mol. The molecule has 28 heavy (non-hydrogen) atoms. The van der Waals surface area contributed by atoms with E-state index < -0.39 is 0 Å². The summed E-state index contributed by atoms with van der Waals surface area (Å²) < 4.78 is 5.73. The number of H-pyrrole nitrogens is 2. The van der Waals surface area contributed by atoms with Crippen LogP contribution in [0.3, 0.4) is 0 Å². The summed E-state index contributed by atoms with van der Waals surface area (Å²) in [5, 5.41) is 4.48. The topological polar surface area (TPSA) is 82.8 Å². The van der Waals surface area contributed by atoms with Crippen molar-refractivity contribution < 1.29 is 4.74 Å². The Balaban J connectivity index is 1.60. The van der Waals surface area contributed by atoms with Crippen molar-refractivity contribution in [1.82, 2.24) is 15.0 Å². The lowest BCUT2D eigenvalue weighted by Gasteiger charge is -2.15. The molecule has 0 bridgehead atoms. The van der Waals surface area contributed by atoms with Gasteiger partial charge in [0.15, 0.2) is 0 Å². The van der Waals surface area contributed by atoms with Gasteiger partial charge in [-0.3, -0.25) is 4.79 Å². The third-order valence-corrected chi connectivity index (χ3v) is 5.34. The van der Waals surface area contributed by atoms with Crippen LogP contribution >= 0.6 is 0 Å². The fourth-order valence-corrected chi connectivity index (χ4v) is 3.95. The van der Waals surface area contributed by atoms with Crippen LogP contribution in [0.25, 0.3) is 33.3 Å². The number of fused-ring (bicyclic) bond motifs is 2. The molecule has 0 aliphatic carbocycles. The van der Waals surface area contributed by atoms with Crippen molar-refractivity contribution in [3.05, 3.63) is 58.9 Å². The number of hydrogen-bond donors (Lipinski definition) is 3. The van der Waals surface area contributed by atoms with E-state index in [1.807, 2.05) is 48.5 Å². The van der Waals surface area contributed by atoms with Gasteiger partial charge < -0.3 is 20.0 Å². The maximum Gasteiger partial charge on any atom is 0.261 e. The Kier molecular flexibility index (Phi) is 4.33. The Morgan fingerprint density at radius 3 is 2.71 bits per heavy atom. The van der Waals surface area contributed by atoms with E-state index in [0.29, 0.717) is 17.5 Å². The van der Waals surface area contributed by atoms with Crippen LogP contribution in [0.5, 0.6) is 0 Å². The van der Waals surface area contributed by atoms with Crippen LogP contribution in [-0.2, 0) is 4.74 Å². The highest BCUT2D eigenvalue weighted by Crippen LogP contribution is 2.31. The number of ether oxygens (including phenoxy) is 1. The molecule has 4 aromatic rings. The van der Waals surface area contributed by atoms with E-state index in [2.05, 4.69) is 20.3 Å². The summed E-state index contributed by atoms with van der Waals surface area (Å²) in [5.41, 5.74) is 3.77. The molecule has 6 nitrogen and oxygen atoms in total. The van der Waals surface area contributed by atoms with Gasteiger partial charge in [-0.15, -0.1) is 0 Å². The minimum absolute atomic E-state index is 0.155. The van der Waals surface area contributed by atoms with Gasteiger partial charge in [-0.25, -0.2) is 4.98 Å². The first-order valence-corrected chi connectivity index (χ1v) is 9.75. The van der Waals surface area contributed by atoms with Gasteiger partial charge in [-0.2, -0.15) is 0 Å². The average Bonchev–Trinajstić information content (AvgIpc) is 3.37. The zero-order valence-corrected chi connectivity index (χ0v) is 15.5. The summed E-state index contributed by atoms with van der Waals surface area (Å²) in [6, 6.07) is 15.6. The molecule has 2 aromatic carbocycles. The smallest absolute Gasteiger partial charge is 0.261 e. The number of rotatable bonds is 5. The van der Waals surface area contributed by atoms with Gasteiger partial charge in [0.1, 0.15) is 11.4 Å². The molecule has 0 saturated carbocycles. The van der Waals surface area contributed by atoms with Crippen LogP contribution in [0.2, 0.25) is 0 Å². The summed E-state index contributed by atoms with van der Waals surface area (Å²) >= 11 is 0. The van der Waals surface area contributed by atoms with E-state index in [1.165, 1.54) is 0 Å². The first-order valence-electron chi connectivity index (χ1n) is 9.75. The molecular formula is C22H22N4O2. The van der Waals surface area contributed by atoms with Gasteiger partial charge >= 0.3 is 0 Å². The quantitative estimate of drug-likeness (QED) is 0.492. The molecule has 2 aromatic heterocycles. The Labute approximate surface area is 162 Å². The van der Waals surface area contributed by atoms with Crippen LogP contribution in [0.1, 0.15) is 19.3 Å². The van der Waals surface area contributed by atoms with E-state index in [4.69, 9.17) is 4.74 Å². The molecule has 6 heteroatoms. The van der Waals surface area contributed by atoms with E-state index >= 15 is 0 Å². The van der Waals surface area contributed by atoms with E-state index in [0.717, 1.165) is 60.0 Å². The molecule has 1 saturated heterocycles. The van der Waals surface area contributed by atoms with Gasteiger partial charge in [0.05, 0.1) is 28.3 Å². The lowest BCUT2D eigenvalue weighted by Crippen LogP contribution is -2.17. The maximum absolute atomic E-state index is 13.0. The number of para-hydroxylation sites is 3. The molecule has 5 rings (SSSR count). The number of hydrogen-bond acceptors (Lipinski definition) is 4. The molecule has 1 aliphatic rings. The third-order valence-electron chi connectivity index (χ3n) is 5.34. The highest BCUT2D eigenvalue weighted by molar-refractivity contribution is 5.99. The van der Waals surface area contributed by atoms with Crippen LogP contribution < -0.4 is 10.9 Å². The normalized spacial score (nSPS) is 16.8. The standard InChI is InChI=1S/C22H22N4O2/c27-22-19(21-24-17-9-3-4-10-18(17)25-21)20(15-7-1-2-8-16(15)26-22)23-12-11-14-6-5-13-28-14/h1-4,7-10,14H,5-6,11-13H2,(H,24,25)(H2,23,26,27). The molecular weight excluding hydrogens is 352 g/mol. The molecule has 3 N–H and O–H groups in total. The molecule has 142 valence electrons.